The van der Waals surface area contributed by atoms with E-state index < -0.39 is 0 Å². The van der Waals surface area contributed by atoms with Crippen molar-refractivity contribution in [3.05, 3.63) is 34.9 Å². The zero-order valence-corrected chi connectivity index (χ0v) is 19.0. The molecular weight excluding hydrogens is 346 g/mol. The molecule has 0 rings (SSSR count). The summed E-state index contributed by atoms with van der Waals surface area (Å²) in [6.07, 6.45) is 11.7. The highest BCUT2D eigenvalue weighted by Gasteiger charge is 1.93. The van der Waals surface area contributed by atoms with Gasteiger partial charge in [0.1, 0.15) is 0 Å². The second kappa shape index (κ2) is 20.7. The van der Waals surface area contributed by atoms with Crippen LogP contribution in [0, 0.1) is 0 Å². The van der Waals surface area contributed by atoms with Crippen molar-refractivity contribution in [1.29, 1.82) is 0 Å². The van der Waals surface area contributed by atoms with Gasteiger partial charge in [0, 0.05) is 58.9 Å². The quantitative estimate of drug-likeness (QED) is 0.172. The summed E-state index contributed by atoms with van der Waals surface area (Å²) in [5.74, 6) is 0. The number of allylic oxidation sites excluding steroid dienone is 5. The van der Waals surface area contributed by atoms with Crippen LogP contribution in [0.15, 0.2) is 34.9 Å². The third kappa shape index (κ3) is 21.3. The average molecular weight is 394 g/mol. The molecule has 164 valence electrons. The lowest BCUT2D eigenvalue weighted by Crippen LogP contribution is -2.36. The lowest BCUT2D eigenvalue weighted by atomic mass is 10.1. The molecule has 0 aromatic heterocycles. The van der Waals surface area contributed by atoms with Crippen LogP contribution in [0.5, 0.6) is 0 Å². The Balaban J connectivity index is 3.48. The van der Waals surface area contributed by atoms with Gasteiger partial charge in [0.25, 0.3) is 0 Å². The Morgan fingerprint density at radius 1 is 0.607 bits per heavy atom. The highest BCUT2D eigenvalue weighted by atomic mass is 15.0. The van der Waals surface area contributed by atoms with Crippen LogP contribution in [0.1, 0.15) is 53.4 Å². The monoisotopic (exact) mass is 393 g/mol. The predicted molar refractivity (Wildman–Crippen MR) is 126 cm³/mol. The molecule has 0 amide bonds. The van der Waals surface area contributed by atoms with Crippen molar-refractivity contribution in [2.75, 3.05) is 58.9 Å². The number of nitrogens with one attached hydrogen (secondary N) is 4. The Hall–Kier alpha value is -0.980. The molecule has 28 heavy (non-hydrogen) atoms. The van der Waals surface area contributed by atoms with Crippen molar-refractivity contribution < 1.29 is 0 Å². The molecular formula is C23H47N5. The number of rotatable bonds is 19. The van der Waals surface area contributed by atoms with E-state index in [1.807, 2.05) is 0 Å². The lowest BCUT2D eigenvalue weighted by Gasteiger charge is -2.08. The van der Waals surface area contributed by atoms with Crippen molar-refractivity contribution >= 4 is 0 Å². The Morgan fingerprint density at radius 3 is 1.61 bits per heavy atom. The molecule has 0 bridgehead atoms. The Kier molecular flexibility index (Phi) is 20.0. The molecule has 0 spiro atoms. The Labute approximate surface area is 174 Å². The van der Waals surface area contributed by atoms with Gasteiger partial charge in [0.2, 0.25) is 0 Å². The van der Waals surface area contributed by atoms with E-state index >= 15 is 0 Å². The molecule has 0 saturated carbocycles. The molecule has 0 aromatic rings. The summed E-state index contributed by atoms with van der Waals surface area (Å²) in [6.45, 7) is 17.4. The first kappa shape index (κ1) is 27.0. The van der Waals surface area contributed by atoms with E-state index in [9.17, 15) is 0 Å². The summed E-state index contributed by atoms with van der Waals surface area (Å²) in [5.41, 5.74) is 9.82. The number of hydrogen-bond acceptors (Lipinski definition) is 5. The van der Waals surface area contributed by atoms with Gasteiger partial charge >= 0.3 is 0 Å². The van der Waals surface area contributed by atoms with Crippen molar-refractivity contribution in [3.8, 4) is 0 Å². The minimum atomic E-state index is 0.705. The maximum absolute atomic E-state index is 5.42. The van der Waals surface area contributed by atoms with Gasteiger partial charge in [-0.3, -0.25) is 0 Å². The van der Waals surface area contributed by atoms with Gasteiger partial charge in [-0.1, -0.05) is 34.9 Å². The maximum atomic E-state index is 5.42. The maximum Gasteiger partial charge on any atom is 0.0137 e. The molecule has 0 aliphatic rings. The fourth-order valence-electron chi connectivity index (χ4n) is 2.69. The summed E-state index contributed by atoms with van der Waals surface area (Å²) in [5, 5.41) is 13.6. The van der Waals surface area contributed by atoms with Crippen LogP contribution >= 0.6 is 0 Å². The summed E-state index contributed by atoms with van der Waals surface area (Å²) >= 11 is 0. The summed E-state index contributed by atoms with van der Waals surface area (Å²) < 4.78 is 0. The first-order chi connectivity index (χ1) is 13.6. The van der Waals surface area contributed by atoms with Crippen LogP contribution in [-0.2, 0) is 0 Å². The highest BCUT2D eigenvalue weighted by molar-refractivity contribution is 5.05. The highest BCUT2D eigenvalue weighted by Crippen LogP contribution is 2.11. The molecule has 6 N–H and O–H groups in total. The third-order valence-electron chi connectivity index (χ3n) is 4.47. The number of nitrogens with two attached hydrogens (primary N) is 1. The lowest BCUT2D eigenvalue weighted by molar-refractivity contribution is 0.574. The molecule has 0 heterocycles. The van der Waals surface area contributed by atoms with Gasteiger partial charge in [-0.15, -0.1) is 0 Å². The molecule has 5 heteroatoms. The fourth-order valence-corrected chi connectivity index (χ4v) is 2.69. The van der Waals surface area contributed by atoms with Gasteiger partial charge < -0.3 is 27.0 Å². The van der Waals surface area contributed by atoms with Crippen molar-refractivity contribution in [3.63, 3.8) is 0 Å². The van der Waals surface area contributed by atoms with Gasteiger partial charge in [0.05, 0.1) is 0 Å². The van der Waals surface area contributed by atoms with Crippen LogP contribution < -0.4 is 27.0 Å². The van der Waals surface area contributed by atoms with E-state index in [0.717, 1.165) is 65.2 Å². The molecule has 0 aromatic carbocycles. The summed E-state index contributed by atoms with van der Waals surface area (Å²) in [6, 6.07) is 0. The van der Waals surface area contributed by atoms with Gasteiger partial charge in [-0.2, -0.15) is 0 Å². The SMILES string of the molecule is CC(C)=CCC/C(C)=C\CCC(C)=CCNCCNCCNCCNCCN. The molecule has 0 aliphatic heterocycles. The topological polar surface area (TPSA) is 74.1 Å². The largest absolute Gasteiger partial charge is 0.329 e. The molecule has 0 saturated heterocycles. The first-order valence-electron chi connectivity index (χ1n) is 11.0. The standard InChI is InChI=1S/C23H47N5/c1-21(2)7-5-8-22(3)9-6-10-23(4)11-13-25-15-17-27-19-20-28-18-16-26-14-12-24/h7,9,11,25-28H,5-6,8,10,12-20,24H2,1-4H3/b22-9-,23-11?. The van der Waals surface area contributed by atoms with E-state index in [2.05, 4.69) is 67.2 Å². The molecule has 0 fully saturated rings. The van der Waals surface area contributed by atoms with Crippen molar-refractivity contribution in [1.82, 2.24) is 21.3 Å². The summed E-state index contributed by atoms with van der Waals surface area (Å²) in [7, 11) is 0. The Bertz CT molecular complexity index is 436. The average Bonchev–Trinajstić information content (AvgIpc) is 2.65. The van der Waals surface area contributed by atoms with Gasteiger partial charge in [-0.25, -0.2) is 0 Å². The van der Waals surface area contributed by atoms with Gasteiger partial charge in [-0.05, 0) is 53.4 Å². The second-order valence-corrected chi connectivity index (χ2v) is 7.70. The number of hydrogen-bond donors (Lipinski definition) is 5. The molecule has 0 radical (unpaired) electrons. The molecule has 5 nitrogen and oxygen atoms in total. The minimum absolute atomic E-state index is 0.705. The van der Waals surface area contributed by atoms with Crippen LogP contribution in [0.2, 0.25) is 0 Å². The smallest absolute Gasteiger partial charge is 0.0137 e. The van der Waals surface area contributed by atoms with E-state index in [-0.39, 0.29) is 0 Å². The van der Waals surface area contributed by atoms with Crippen molar-refractivity contribution in [2.45, 2.75) is 53.4 Å². The van der Waals surface area contributed by atoms with Crippen LogP contribution in [-0.4, -0.2) is 58.9 Å². The zero-order chi connectivity index (χ0) is 20.9. The van der Waals surface area contributed by atoms with Gasteiger partial charge in [0.15, 0.2) is 0 Å². The van der Waals surface area contributed by atoms with Crippen LogP contribution in [0.4, 0.5) is 0 Å². The zero-order valence-electron chi connectivity index (χ0n) is 19.0. The Morgan fingerprint density at radius 2 is 1.07 bits per heavy atom. The minimum Gasteiger partial charge on any atom is -0.329 e. The molecule has 0 atom stereocenters. The van der Waals surface area contributed by atoms with Crippen LogP contribution in [0.25, 0.3) is 0 Å². The van der Waals surface area contributed by atoms with Crippen LogP contribution in [0.3, 0.4) is 0 Å². The predicted octanol–water partition coefficient (Wildman–Crippen LogP) is 2.72. The molecule has 0 unspecified atom stereocenters. The first-order valence-corrected chi connectivity index (χ1v) is 11.0. The van der Waals surface area contributed by atoms with Crippen molar-refractivity contribution in [2.24, 2.45) is 5.73 Å². The normalized spacial score (nSPS) is 12.5. The van der Waals surface area contributed by atoms with E-state index in [1.54, 1.807) is 0 Å². The van der Waals surface area contributed by atoms with E-state index in [4.69, 9.17) is 5.73 Å². The van der Waals surface area contributed by atoms with E-state index in [0.29, 0.717) is 6.54 Å². The third-order valence-corrected chi connectivity index (χ3v) is 4.47. The second-order valence-electron chi connectivity index (χ2n) is 7.70. The fraction of sp³-hybridized carbons (Fsp3) is 0.739. The summed E-state index contributed by atoms with van der Waals surface area (Å²) in [4.78, 5) is 0. The van der Waals surface area contributed by atoms with E-state index in [1.165, 1.54) is 29.6 Å². The molecule has 0 aliphatic carbocycles.